The molecule has 4 bridgehead atoms. The number of ketones is 1. The summed E-state index contributed by atoms with van der Waals surface area (Å²) in [6, 6.07) is 21.6. The molecular formula is C36H44O2. The van der Waals surface area contributed by atoms with Crippen molar-refractivity contribution in [3.05, 3.63) is 77.9 Å². The van der Waals surface area contributed by atoms with Crippen LogP contribution in [-0.2, 0) is 9.53 Å². The van der Waals surface area contributed by atoms with E-state index in [4.69, 9.17) is 4.74 Å². The van der Waals surface area contributed by atoms with Crippen LogP contribution in [0, 0.1) is 40.4 Å². The molecule has 6 fully saturated rings. The van der Waals surface area contributed by atoms with Crippen LogP contribution in [0.5, 0.6) is 0 Å². The maximum Gasteiger partial charge on any atom is 0.166 e. The highest BCUT2D eigenvalue weighted by atomic mass is 16.5. The second-order valence-electron chi connectivity index (χ2n) is 14.0. The van der Waals surface area contributed by atoms with Crippen molar-refractivity contribution in [1.82, 2.24) is 0 Å². The van der Waals surface area contributed by atoms with Gasteiger partial charge in [-0.15, -0.1) is 0 Å². The van der Waals surface area contributed by atoms with Crippen LogP contribution in [-0.4, -0.2) is 17.5 Å². The lowest BCUT2D eigenvalue weighted by Crippen LogP contribution is -2.75. The molecule has 2 unspecified atom stereocenters. The molecule has 2 nitrogen and oxygen atoms in total. The molecule has 2 heterocycles. The summed E-state index contributed by atoms with van der Waals surface area (Å²) in [5.74, 6) is 3.34. The SMILES string of the molecule is C[C@H](CC=C(c1ccccc1)c1ccccc1)[C@H]1CC[C@H]2[C@@H]3CCC4CC5CC[C@]4(C)[C@@]3(O5)C(=O)C[C@]12C. The highest BCUT2D eigenvalue weighted by molar-refractivity contribution is 5.91. The molecule has 0 amide bonds. The molecule has 2 saturated heterocycles. The minimum Gasteiger partial charge on any atom is -0.363 e. The van der Waals surface area contributed by atoms with Gasteiger partial charge in [0.05, 0.1) is 6.10 Å². The van der Waals surface area contributed by atoms with Crippen LogP contribution in [0.2, 0.25) is 0 Å². The van der Waals surface area contributed by atoms with Gasteiger partial charge in [0.2, 0.25) is 0 Å². The molecule has 2 aromatic carbocycles. The van der Waals surface area contributed by atoms with Crippen molar-refractivity contribution in [2.75, 3.05) is 0 Å². The fourth-order valence-corrected chi connectivity index (χ4v) is 10.7. The average molecular weight is 509 g/mol. The van der Waals surface area contributed by atoms with Gasteiger partial charge in [-0.05, 0) is 103 Å². The Hall–Kier alpha value is -2.19. The van der Waals surface area contributed by atoms with E-state index in [2.05, 4.69) is 87.5 Å². The summed E-state index contributed by atoms with van der Waals surface area (Å²) in [6.45, 7) is 7.38. The van der Waals surface area contributed by atoms with Crippen LogP contribution in [0.25, 0.3) is 5.57 Å². The van der Waals surface area contributed by atoms with Crippen LogP contribution in [0.1, 0.15) is 89.7 Å². The highest BCUT2D eigenvalue weighted by Crippen LogP contribution is 2.72. The van der Waals surface area contributed by atoms with Crippen LogP contribution in [0.4, 0.5) is 0 Å². The Labute approximate surface area is 229 Å². The minimum atomic E-state index is -0.479. The number of Topliss-reactive ketones (excluding diaryl/α,β-unsaturated/α-hetero) is 1. The fraction of sp³-hybridized carbons (Fsp3) is 0.583. The largest absolute Gasteiger partial charge is 0.363 e. The minimum absolute atomic E-state index is 0.0653. The zero-order valence-corrected chi connectivity index (χ0v) is 23.5. The Balaban J connectivity index is 1.17. The molecule has 8 rings (SSSR count). The van der Waals surface area contributed by atoms with E-state index in [1.807, 2.05) is 0 Å². The maximum atomic E-state index is 14.4. The second-order valence-corrected chi connectivity index (χ2v) is 14.0. The molecule has 1 spiro atoms. The van der Waals surface area contributed by atoms with Gasteiger partial charge in [-0.25, -0.2) is 0 Å². The third-order valence-electron chi connectivity index (χ3n) is 12.5. The van der Waals surface area contributed by atoms with Gasteiger partial charge in [-0.1, -0.05) is 87.5 Å². The summed E-state index contributed by atoms with van der Waals surface area (Å²) in [5, 5.41) is 0. The molecule has 4 saturated carbocycles. The first-order valence-electron chi connectivity index (χ1n) is 15.4. The van der Waals surface area contributed by atoms with Crippen molar-refractivity contribution < 1.29 is 9.53 Å². The summed E-state index contributed by atoms with van der Waals surface area (Å²) in [4.78, 5) is 14.4. The van der Waals surface area contributed by atoms with E-state index in [1.165, 1.54) is 55.2 Å². The zero-order chi connectivity index (χ0) is 26.1. The number of rotatable bonds is 5. The van der Waals surface area contributed by atoms with Gasteiger partial charge < -0.3 is 4.74 Å². The van der Waals surface area contributed by atoms with E-state index in [0.717, 1.165) is 19.3 Å². The molecule has 38 heavy (non-hydrogen) atoms. The van der Waals surface area contributed by atoms with Gasteiger partial charge in [-0.2, -0.15) is 0 Å². The molecule has 2 aliphatic heterocycles. The number of carbonyl (C=O) groups excluding carboxylic acids is 1. The number of hydrogen-bond acceptors (Lipinski definition) is 2. The summed E-state index contributed by atoms with van der Waals surface area (Å²) in [6.07, 6.45) is 13.2. The molecule has 4 aliphatic carbocycles. The molecule has 9 atom stereocenters. The van der Waals surface area contributed by atoms with Crippen LogP contribution in [0.15, 0.2) is 66.7 Å². The zero-order valence-electron chi connectivity index (χ0n) is 23.5. The average Bonchev–Trinajstić information content (AvgIpc) is 3.26. The van der Waals surface area contributed by atoms with Gasteiger partial charge in [0.15, 0.2) is 5.78 Å². The van der Waals surface area contributed by atoms with Gasteiger partial charge >= 0.3 is 0 Å². The molecule has 0 N–H and O–H groups in total. The lowest BCUT2D eigenvalue weighted by atomic mass is 9.40. The standard InChI is InChI=1S/C36H44O2/c1-24(14-16-29(25-10-6-4-7-11-25)26-12-8-5-9-13-26)30-18-19-31-32-17-15-27-22-28-20-21-35(27,3)36(32,38-28)33(37)23-34(30,31)2/h4-13,16,24,27-28,30-32H,14-15,17-23H2,1-3H3/t24-,27?,28?,30-,31+,32+,34-,35+,36+/m1/s1. The van der Waals surface area contributed by atoms with E-state index >= 15 is 0 Å². The molecule has 2 aromatic rings. The summed E-state index contributed by atoms with van der Waals surface area (Å²) in [7, 11) is 0. The first-order valence-corrected chi connectivity index (χ1v) is 15.4. The molecular weight excluding hydrogens is 464 g/mol. The monoisotopic (exact) mass is 508 g/mol. The van der Waals surface area contributed by atoms with Crippen molar-refractivity contribution in [3.8, 4) is 0 Å². The summed E-state index contributed by atoms with van der Waals surface area (Å²) in [5.41, 5.74) is 3.58. The smallest absolute Gasteiger partial charge is 0.166 e. The predicted octanol–water partition coefficient (Wildman–Crippen LogP) is 8.50. The van der Waals surface area contributed by atoms with Gasteiger partial charge in [-0.3, -0.25) is 4.79 Å². The van der Waals surface area contributed by atoms with Gasteiger partial charge in [0.1, 0.15) is 5.60 Å². The number of allylic oxidation sites excluding steroid dienone is 1. The fourth-order valence-electron chi connectivity index (χ4n) is 10.7. The lowest BCUT2D eigenvalue weighted by molar-refractivity contribution is -0.307. The second kappa shape index (κ2) is 8.91. The quantitative estimate of drug-likeness (QED) is 0.405. The maximum absolute atomic E-state index is 14.4. The first kappa shape index (κ1) is 24.8. The lowest BCUT2D eigenvalue weighted by Gasteiger charge is -2.70. The topological polar surface area (TPSA) is 26.3 Å². The molecule has 200 valence electrons. The van der Waals surface area contributed by atoms with Crippen molar-refractivity contribution in [2.45, 2.75) is 90.3 Å². The number of hydrogen-bond donors (Lipinski definition) is 0. The summed E-state index contributed by atoms with van der Waals surface area (Å²) < 4.78 is 6.93. The van der Waals surface area contributed by atoms with E-state index in [-0.39, 0.29) is 10.8 Å². The third-order valence-corrected chi connectivity index (χ3v) is 12.5. The predicted molar refractivity (Wildman–Crippen MR) is 153 cm³/mol. The number of fused-ring (bicyclic) bond motifs is 3. The van der Waals surface area contributed by atoms with Crippen LogP contribution >= 0.6 is 0 Å². The van der Waals surface area contributed by atoms with E-state index in [1.54, 1.807) is 0 Å². The Morgan fingerprint density at radius 1 is 0.921 bits per heavy atom. The number of carbonyl (C=O) groups is 1. The van der Waals surface area contributed by atoms with Crippen LogP contribution in [0.3, 0.4) is 0 Å². The summed E-state index contributed by atoms with van der Waals surface area (Å²) >= 11 is 0. The van der Waals surface area contributed by atoms with Crippen molar-refractivity contribution >= 4 is 11.4 Å². The molecule has 0 aromatic heterocycles. The Bertz CT molecular complexity index is 1190. The Kier molecular flexibility index (Phi) is 5.82. The number of ether oxygens (including phenoxy) is 1. The molecule has 2 heteroatoms. The van der Waals surface area contributed by atoms with Crippen LogP contribution < -0.4 is 0 Å². The van der Waals surface area contributed by atoms with Crippen molar-refractivity contribution in [3.63, 3.8) is 0 Å². The van der Waals surface area contributed by atoms with E-state index in [9.17, 15) is 4.79 Å². The van der Waals surface area contributed by atoms with E-state index in [0.29, 0.717) is 41.5 Å². The molecule has 6 aliphatic rings. The number of benzene rings is 2. The third kappa shape index (κ3) is 3.38. The normalized spacial score (nSPS) is 41.8. The molecule has 0 radical (unpaired) electrons. The van der Waals surface area contributed by atoms with Gasteiger partial charge in [0.25, 0.3) is 0 Å². The Morgan fingerprint density at radius 3 is 2.26 bits per heavy atom. The van der Waals surface area contributed by atoms with Crippen molar-refractivity contribution in [2.24, 2.45) is 40.4 Å². The van der Waals surface area contributed by atoms with Gasteiger partial charge in [0, 0.05) is 11.8 Å². The van der Waals surface area contributed by atoms with E-state index < -0.39 is 5.60 Å². The highest BCUT2D eigenvalue weighted by Gasteiger charge is 2.74. The Morgan fingerprint density at radius 2 is 1.58 bits per heavy atom. The van der Waals surface area contributed by atoms with Crippen molar-refractivity contribution in [1.29, 1.82) is 0 Å². The first-order chi connectivity index (χ1) is 18.4.